The number of phenols is 1. The van der Waals surface area contributed by atoms with Crippen molar-refractivity contribution in [2.45, 2.75) is 214 Å². The zero-order valence-corrected chi connectivity index (χ0v) is 79.6. The number of ether oxygens (including phenoxy) is 1. The first kappa shape index (κ1) is 103. The number of aliphatic hydroxyl groups is 1. The number of unbranched alkanes of at least 4 members (excludes halogenated alkanes) is 5. The summed E-state index contributed by atoms with van der Waals surface area (Å²) in [7, 11) is 0.214. The highest BCUT2D eigenvalue weighted by atomic mass is 33.1. The first-order chi connectivity index (χ1) is 64.2. The highest BCUT2D eigenvalue weighted by molar-refractivity contribution is 8.77. The summed E-state index contributed by atoms with van der Waals surface area (Å²) in [6, 6.07) is 35.4. The van der Waals surface area contributed by atoms with E-state index in [-0.39, 0.29) is 136 Å². The zero-order chi connectivity index (χ0) is 96.2. The second-order valence-corrected chi connectivity index (χ2v) is 41.9. The highest BCUT2D eigenvalue weighted by Gasteiger charge is 2.46. The lowest BCUT2D eigenvalue weighted by atomic mass is 9.90. The highest BCUT2D eigenvalue weighted by Crippen LogP contribution is 2.43. The van der Waals surface area contributed by atoms with Crippen LogP contribution in [0.15, 0.2) is 181 Å². The number of Topliss-reactive ketones (excluding diaryl/α,β-unsaturated/α-hetero) is 1. The number of fused-ring (bicyclic) bond motifs is 6. The van der Waals surface area contributed by atoms with E-state index in [2.05, 4.69) is 47.7 Å². The van der Waals surface area contributed by atoms with Gasteiger partial charge in [0.2, 0.25) is 53.2 Å². The number of aromatic hydroxyl groups is 1. The average molecular weight is 1930 g/mol. The maximum atomic E-state index is 15.8. The van der Waals surface area contributed by atoms with Crippen LogP contribution in [0.1, 0.15) is 145 Å². The van der Waals surface area contributed by atoms with Crippen LogP contribution in [0.4, 0.5) is 10.5 Å². The third kappa shape index (κ3) is 28.2. The molecule has 1 aliphatic carbocycles. The molecule has 134 heavy (non-hydrogen) atoms. The van der Waals surface area contributed by atoms with Crippen LogP contribution in [0.3, 0.4) is 0 Å². The third-order valence-corrected chi connectivity index (χ3v) is 30.8. The quantitative estimate of drug-likeness (QED) is 0.00980. The number of rotatable bonds is 39. The molecule has 38 heteroatoms. The van der Waals surface area contributed by atoms with Crippen molar-refractivity contribution in [3.8, 4) is 28.3 Å². The number of amides is 12. The summed E-state index contributed by atoms with van der Waals surface area (Å²) in [4.78, 5) is 190. The van der Waals surface area contributed by atoms with E-state index in [4.69, 9.17) is 21.3 Å². The molecule has 11 rings (SSSR count). The van der Waals surface area contributed by atoms with Gasteiger partial charge in [0, 0.05) is 97.2 Å². The maximum absolute atomic E-state index is 15.8. The number of alkyl carbamates (subject to hydrolysis) is 1. The number of aliphatic hydroxyl groups excluding tert-OH is 1. The molecule has 10 atom stereocenters. The summed E-state index contributed by atoms with van der Waals surface area (Å²) in [6.45, 7) is 6.80. The van der Waals surface area contributed by atoms with Gasteiger partial charge in [-0.1, -0.05) is 195 Å². The minimum absolute atomic E-state index is 0.0116. The minimum atomic E-state index is -4.20. The van der Waals surface area contributed by atoms with Gasteiger partial charge >= 0.3 is 6.09 Å². The number of aryl methyl sites for hydroxylation is 1. The maximum Gasteiger partial charge on any atom is 0.408 e. The van der Waals surface area contributed by atoms with Gasteiger partial charge in [0.25, 0.3) is 11.8 Å². The predicted molar refractivity (Wildman–Crippen MR) is 516 cm³/mol. The molecule has 14 N–H and O–H groups in total. The number of carbonyl (C=O) groups is 13. The number of aromatic nitrogens is 3. The first-order valence-electron chi connectivity index (χ1n) is 44.8. The summed E-state index contributed by atoms with van der Waals surface area (Å²) >= 11 is 0. The topological polar surface area (TPSA) is 491 Å². The van der Waals surface area contributed by atoms with Crippen molar-refractivity contribution >= 4 is 141 Å². The summed E-state index contributed by atoms with van der Waals surface area (Å²) < 4.78 is 35.8. The Morgan fingerprint density at radius 1 is 0.701 bits per heavy atom. The number of ketones is 1. The van der Waals surface area contributed by atoms with Crippen molar-refractivity contribution in [1.82, 2.24) is 62.4 Å². The smallest absolute Gasteiger partial charge is 0.408 e. The lowest BCUT2D eigenvalue weighted by Gasteiger charge is -2.36. The number of imide groups is 1. The summed E-state index contributed by atoms with van der Waals surface area (Å²) in [5.41, 5.74) is 17.0. The molecule has 4 heterocycles. The largest absolute Gasteiger partial charge is 0.508 e. The third-order valence-electron chi connectivity index (χ3n) is 23.9. The molecule has 33 nitrogen and oxygen atoms in total. The molecule has 1 saturated heterocycles. The van der Waals surface area contributed by atoms with Crippen LogP contribution in [0.2, 0.25) is 0 Å². The Bertz CT molecular complexity index is 5530. The van der Waals surface area contributed by atoms with Gasteiger partial charge in [0.1, 0.15) is 53.3 Å². The lowest BCUT2D eigenvalue weighted by Crippen LogP contribution is -2.68. The lowest BCUT2D eigenvalue weighted by molar-refractivity contribution is -0.141. The standard InChI is InChI=1S/C96H117N15O18S5/c1-60(112)96(4)93(125)103-77(91(123)105-86(87(98)119)95(2,3)133-130-5)58-132-131-57-76(79(114)55-66(52-62-39-43-67(113)44-40-62)88(120)101-75(54-64-42-41-63-28-16-18-33-70(63)64)90(122)100-73(92(124)106-96)36-22-23-48-97)102-89(121)74(53-61-26-10-6-11-27-61)104-94(126)129-68(59-134(127,128)69-31-13-7-14-32-69)30-12-8-25-51-111-85-72-35-20-21-37-78(72)110(56-65-29-17-19-34-71(65)84(85)107-108-111)83(118)47-49-99-80(115)38-15-9-24-50-109-81(116)45-46-82(109)117/h6-7,10-11,13-14,16-21,26-29,31-35,37,39-40,42-46,60,66,68,73-77,86,112-113H,8-9,12,15,22-25,30,36,38,41,47-59,97H2,1-5H3,(H2,98,119)(H,99,115)(H,100,122)(H,101,120)(H,102,121)(H,103,125)(H,104,126)(H,105,123)(H,106,124)/t60-,66-,68?,73+,74-,75-,76+,77+,86-,96+/m1/s1. The van der Waals surface area contributed by atoms with Gasteiger partial charge in [0.15, 0.2) is 15.6 Å². The van der Waals surface area contributed by atoms with Crippen molar-refractivity contribution in [3.63, 3.8) is 0 Å². The van der Waals surface area contributed by atoms with Gasteiger partial charge in [0.05, 0.1) is 40.7 Å². The molecule has 4 aliphatic rings. The van der Waals surface area contributed by atoms with Crippen molar-refractivity contribution in [2.75, 3.05) is 48.0 Å². The Morgan fingerprint density at radius 2 is 1.35 bits per heavy atom. The molecule has 6 aromatic carbocycles. The second kappa shape index (κ2) is 49.0. The van der Waals surface area contributed by atoms with Gasteiger partial charge in [-0.15, -0.1) is 5.10 Å². The number of allylic oxidation sites excluding steroid dienone is 1. The van der Waals surface area contributed by atoms with E-state index in [1.165, 1.54) is 71.9 Å². The van der Waals surface area contributed by atoms with Crippen LogP contribution in [-0.2, 0) is 104 Å². The number of nitrogens with zero attached hydrogens (tertiary/aromatic N) is 5. The van der Waals surface area contributed by atoms with Gasteiger partial charge in [-0.25, -0.2) is 17.9 Å². The van der Waals surface area contributed by atoms with Crippen molar-refractivity contribution in [3.05, 3.63) is 204 Å². The van der Waals surface area contributed by atoms with Crippen LogP contribution < -0.4 is 58.9 Å². The van der Waals surface area contributed by atoms with Crippen LogP contribution in [0.5, 0.6) is 5.75 Å². The van der Waals surface area contributed by atoms with Crippen molar-refractivity contribution in [1.29, 1.82) is 0 Å². The fourth-order valence-corrected chi connectivity index (χ4v) is 22.4. The number of sulfone groups is 1. The monoisotopic (exact) mass is 1930 g/mol. The number of phenolic OH excluding ortho intramolecular Hbond substituents is 1. The number of hydrogen-bond acceptors (Lipinski definition) is 25. The van der Waals surface area contributed by atoms with E-state index < -0.39 is 140 Å². The van der Waals surface area contributed by atoms with Crippen molar-refractivity contribution < 1.29 is 85.7 Å². The molecule has 3 aliphatic heterocycles. The van der Waals surface area contributed by atoms with Crippen LogP contribution in [-0.4, -0.2) is 217 Å². The van der Waals surface area contributed by atoms with E-state index in [0.29, 0.717) is 84.3 Å². The van der Waals surface area contributed by atoms with Gasteiger partial charge in [-0.2, -0.15) is 0 Å². The normalized spacial score (nSPS) is 19.5. The van der Waals surface area contributed by atoms with Crippen LogP contribution in [0, 0.1) is 5.92 Å². The fourth-order valence-electron chi connectivity index (χ4n) is 16.3. The van der Waals surface area contributed by atoms with Gasteiger partial charge < -0.3 is 73.9 Å². The number of carbonyl (C=O) groups excluding carboxylic acids is 13. The molecule has 12 amide bonds. The number of hydrogen-bond donors (Lipinski definition) is 12. The Hall–Kier alpha value is -11.7. The molecular weight excluding hydrogens is 1810 g/mol. The number of nitrogens with one attached hydrogen (secondary N) is 8. The predicted octanol–water partition coefficient (Wildman–Crippen LogP) is 8.22. The average Bonchev–Trinajstić information content (AvgIpc) is 1.54. The van der Waals surface area contributed by atoms with Crippen molar-refractivity contribution in [2.24, 2.45) is 17.4 Å². The number of nitrogens with two attached hydrogens (primary N) is 2. The van der Waals surface area contributed by atoms with Crippen LogP contribution in [0.25, 0.3) is 28.1 Å². The fraction of sp³-hybridized carbons (Fsp3) is 0.427. The second-order valence-electron chi connectivity index (χ2n) is 34.3. The Morgan fingerprint density at radius 3 is 2.05 bits per heavy atom. The van der Waals surface area contributed by atoms with E-state index in [1.807, 2.05) is 78.9 Å². The van der Waals surface area contributed by atoms with E-state index >= 15 is 24.0 Å². The number of para-hydroxylation sites is 1. The molecule has 0 bridgehead atoms. The molecule has 0 spiro atoms. The minimum Gasteiger partial charge on any atom is -0.508 e. The molecule has 0 radical (unpaired) electrons. The summed E-state index contributed by atoms with van der Waals surface area (Å²) in [5, 5.41) is 53.7. The van der Waals surface area contributed by atoms with Gasteiger partial charge in [-0.05, 0) is 168 Å². The van der Waals surface area contributed by atoms with E-state index in [1.54, 1.807) is 90.3 Å². The molecule has 7 aromatic rings. The van der Waals surface area contributed by atoms with Crippen LogP contribution >= 0.6 is 43.2 Å². The Kier molecular flexibility index (Phi) is 37.6. The summed E-state index contributed by atoms with van der Waals surface area (Å²) in [5.74, 6) is -11.3. The molecule has 714 valence electrons. The molecule has 0 saturated carbocycles. The molecule has 1 aromatic heterocycles. The molecule has 1 fully saturated rings. The SMILES string of the molecule is CSSC(C)(C)[C@H](NC(=O)[C@@H]1CSSC[C@H](NC(=O)[C@@H](Cc2ccccc2)NC(=O)OC(CCCCCn2nnc3c2-c2ccccc2N(C(=O)CCNC(=O)CCCCCN2C(=O)C=CC2=O)Cc2ccccc2-3)CS(=O)(=O)c2ccccc2)C(=O)C[C@@H](Cc2ccc(O)cc2)C(=O)N[C@H](CC2=CCc3ccccc32)C(=O)N[C@@H](CCCCN)C(=O)N[C@@](C)([C@@H](C)O)C(=O)N1)C(N)=O. The first-order valence-corrected chi connectivity index (χ1v) is 51.5. The summed E-state index contributed by atoms with van der Waals surface area (Å²) in [6.07, 6.45) is 4.74. The zero-order valence-electron chi connectivity index (χ0n) is 75.5. The molecular formula is C96H117N15O18S5. The number of anilines is 1. The van der Waals surface area contributed by atoms with E-state index in [0.717, 1.165) is 48.7 Å². The number of primary amides is 1. The Labute approximate surface area is 795 Å². The molecule has 1 unspecified atom stereocenters. The van der Waals surface area contributed by atoms with Gasteiger partial charge in [-0.3, -0.25) is 62.4 Å². The van der Waals surface area contributed by atoms with E-state index in [9.17, 15) is 57.0 Å². The Balaban J connectivity index is 0.858. The number of benzene rings is 6.